The van der Waals surface area contributed by atoms with Gasteiger partial charge in [-0.25, -0.2) is 0 Å². The average Bonchev–Trinajstić information content (AvgIpc) is 3.08. The second kappa shape index (κ2) is 6.60. The zero-order valence-corrected chi connectivity index (χ0v) is 14.7. The number of hydrogen-bond donors (Lipinski definition) is 2. The van der Waals surface area contributed by atoms with Gasteiger partial charge in [-0.3, -0.25) is 0 Å². The second-order valence-corrected chi connectivity index (χ2v) is 6.33. The summed E-state index contributed by atoms with van der Waals surface area (Å²) in [6.45, 7) is 0. The molecule has 29 heavy (non-hydrogen) atoms. The zero-order chi connectivity index (χ0) is 20.8. The van der Waals surface area contributed by atoms with Gasteiger partial charge in [-0.2, -0.15) is 28.2 Å². The molecule has 0 spiro atoms. The summed E-state index contributed by atoms with van der Waals surface area (Å²) in [7, 11) is 0. The maximum absolute atomic E-state index is 13.9. The van der Waals surface area contributed by atoms with Crippen LogP contribution in [0.5, 0.6) is 11.6 Å². The lowest BCUT2D eigenvalue weighted by molar-refractivity contribution is -0.142. The number of halogens is 3. The van der Waals surface area contributed by atoms with Gasteiger partial charge < -0.3 is 15.6 Å². The number of fused-ring (bicyclic) bond motifs is 1. The largest absolute Gasteiger partial charge is 0.508 e. The normalized spacial score (nSPS) is 16.1. The molecule has 0 bridgehead atoms. The number of alkyl halides is 3. The number of para-hydroxylation sites is 1. The first kappa shape index (κ1) is 18.4. The second-order valence-electron chi connectivity index (χ2n) is 6.33. The van der Waals surface area contributed by atoms with Gasteiger partial charge in [-0.1, -0.05) is 30.3 Å². The standard InChI is InChI=1S/C20H13F3N4O2/c21-20(22,23)17-16-15(11-6-8-13(28)9-7-11)14(10-24)18(25)29-19(16)27(26-17)12-4-2-1-3-5-12/h1-9,15,28H,25H2/t15-/m1/s1. The Kier molecular flexibility index (Phi) is 4.19. The lowest BCUT2D eigenvalue weighted by Crippen LogP contribution is -2.23. The number of hydrogen-bond acceptors (Lipinski definition) is 5. The van der Waals surface area contributed by atoms with Gasteiger partial charge in [0.05, 0.1) is 17.2 Å². The number of nitrogens with zero attached hydrogens (tertiary/aromatic N) is 3. The van der Waals surface area contributed by atoms with Gasteiger partial charge in [-0.15, -0.1) is 0 Å². The lowest BCUT2D eigenvalue weighted by Gasteiger charge is -2.25. The summed E-state index contributed by atoms with van der Waals surface area (Å²) >= 11 is 0. The van der Waals surface area contributed by atoms with E-state index in [9.17, 15) is 23.5 Å². The Balaban J connectivity index is 2.04. The number of ether oxygens (including phenoxy) is 1. The molecule has 146 valence electrons. The minimum Gasteiger partial charge on any atom is -0.508 e. The number of aromatic hydroxyl groups is 1. The number of aromatic nitrogens is 2. The number of nitrogens with two attached hydrogens (primary N) is 1. The molecular formula is C20H13F3N4O2. The van der Waals surface area contributed by atoms with E-state index in [4.69, 9.17) is 10.5 Å². The molecule has 3 N–H and O–H groups in total. The fraction of sp³-hybridized carbons (Fsp3) is 0.100. The molecule has 1 aliphatic heterocycles. The summed E-state index contributed by atoms with van der Waals surface area (Å²) in [5.41, 5.74) is 4.93. The molecule has 2 heterocycles. The van der Waals surface area contributed by atoms with Crippen molar-refractivity contribution in [3.8, 4) is 23.4 Å². The molecule has 0 aliphatic carbocycles. The summed E-state index contributed by atoms with van der Waals surface area (Å²) in [5.74, 6) is -1.73. The molecule has 0 unspecified atom stereocenters. The monoisotopic (exact) mass is 398 g/mol. The van der Waals surface area contributed by atoms with E-state index >= 15 is 0 Å². The SMILES string of the molecule is N#CC1=C(N)Oc2c(c(C(F)(F)F)nn2-c2ccccc2)[C@@H]1c1ccc(O)cc1. The summed E-state index contributed by atoms with van der Waals surface area (Å²) < 4.78 is 48.1. The van der Waals surface area contributed by atoms with E-state index in [2.05, 4.69) is 5.10 Å². The Hall–Kier alpha value is -3.93. The van der Waals surface area contributed by atoms with Crippen LogP contribution in [0.4, 0.5) is 13.2 Å². The van der Waals surface area contributed by atoms with Gasteiger partial charge in [0, 0.05) is 0 Å². The summed E-state index contributed by atoms with van der Waals surface area (Å²) in [4.78, 5) is 0. The fourth-order valence-electron chi connectivity index (χ4n) is 3.29. The molecule has 1 atom stereocenters. The van der Waals surface area contributed by atoms with Crippen LogP contribution in [0.1, 0.15) is 22.7 Å². The first-order valence-electron chi connectivity index (χ1n) is 8.43. The third-order valence-electron chi connectivity index (χ3n) is 4.54. The van der Waals surface area contributed by atoms with Crippen molar-refractivity contribution >= 4 is 0 Å². The van der Waals surface area contributed by atoms with Crippen molar-refractivity contribution in [1.82, 2.24) is 9.78 Å². The Labute approximate surface area is 162 Å². The summed E-state index contributed by atoms with van der Waals surface area (Å²) in [6.07, 6.45) is -4.80. The molecule has 0 amide bonds. The highest BCUT2D eigenvalue weighted by atomic mass is 19.4. The highest BCUT2D eigenvalue weighted by Gasteiger charge is 2.46. The van der Waals surface area contributed by atoms with E-state index in [-0.39, 0.29) is 28.6 Å². The molecule has 0 saturated heterocycles. The maximum Gasteiger partial charge on any atom is 0.435 e. The zero-order valence-electron chi connectivity index (χ0n) is 14.7. The minimum absolute atomic E-state index is 0.0625. The average molecular weight is 398 g/mol. The first-order valence-corrected chi connectivity index (χ1v) is 8.43. The van der Waals surface area contributed by atoms with Crippen molar-refractivity contribution < 1.29 is 23.0 Å². The number of benzene rings is 2. The van der Waals surface area contributed by atoms with Crippen LogP contribution in [0.15, 0.2) is 66.1 Å². The highest BCUT2D eigenvalue weighted by molar-refractivity contribution is 5.58. The number of nitriles is 1. The number of allylic oxidation sites excluding steroid dienone is 1. The van der Waals surface area contributed by atoms with Crippen molar-refractivity contribution in [2.24, 2.45) is 5.73 Å². The lowest BCUT2D eigenvalue weighted by atomic mass is 9.84. The molecule has 2 aromatic carbocycles. The van der Waals surface area contributed by atoms with Crippen LogP contribution in [-0.2, 0) is 6.18 Å². The van der Waals surface area contributed by atoms with Gasteiger partial charge >= 0.3 is 6.18 Å². The molecule has 0 fully saturated rings. The number of phenolic OH excluding ortho intramolecular Hbond substituents is 1. The van der Waals surface area contributed by atoms with E-state index in [1.165, 1.54) is 24.3 Å². The highest BCUT2D eigenvalue weighted by Crippen LogP contribution is 2.48. The molecule has 4 rings (SSSR count). The third-order valence-corrected chi connectivity index (χ3v) is 4.54. The van der Waals surface area contributed by atoms with Crippen LogP contribution in [0, 0.1) is 11.3 Å². The third kappa shape index (κ3) is 3.04. The van der Waals surface area contributed by atoms with Crippen LogP contribution in [-0.4, -0.2) is 14.9 Å². The van der Waals surface area contributed by atoms with Crippen molar-refractivity contribution in [2.75, 3.05) is 0 Å². The molecular weight excluding hydrogens is 385 g/mol. The van der Waals surface area contributed by atoms with Gasteiger partial charge in [0.15, 0.2) is 5.69 Å². The van der Waals surface area contributed by atoms with Crippen molar-refractivity contribution in [3.63, 3.8) is 0 Å². The summed E-state index contributed by atoms with van der Waals surface area (Å²) in [5, 5.41) is 22.9. The Morgan fingerprint density at radius 2 is 1.76 bits per heavy atom. The van der Waals surface area contributed by atoms with Gasteiger partial charge in [0.1, 0.15) is 17.4 Å². The molecule has 3 aromatic rings. The minimum atomic E-state index is -4.80. The Bertz CT molecular complexity index is 1140. The quantitative estimate of drug-likeness (QED) is 0.684. The van der Waals surface area contributed by atoms with E-state index < -0.39 is 17.8 Å². The van der Waals surface area contributed by atoms with Crippen molar-refractivity contribution in [3.05, 3.63) is 82.9 Å². The van der Waals surface area contributed by atoms with E-state index in [0.29, 0.717) is 11.3 Å². The smallest absolute Gasteiger partial charge is 0.435 e. The predicted molar refractivity (Wildman–Crippen MR) is 96.0 cm³/mol. The topological polar surface area (TPSA) is 97.1 Å². The van der Waals surface area contributed by atoms with Gasteiger partial charge in [0.25, 0.3) is 0 Å². The number of rotatable bonds is 2. The molecule has 9 heteroatoms. The predicted octanol–water partition coefficient (Wildman–Crippen LogP) is 3.81. The fourth-order valence-corrected chi connectivity index (χ4v) is 3.29. The van der Waals surface area contributed by atoms with Crippen molar-refractivity contribution in [2.45, 2.75) is 12.1 Å². The molecule has 1 aliphatic rings. The van der Waals surface area contributed by atoms with Crippen LogP contribution in [0.25, 0.3) is 5.69 Å². The molecule has 6 nitrogen and oxygen atoms in total. The van der Waals surface area contributed by atoms with E-state index in [1.807, 2.05) is 6.07 Å². The molecule has 0 saturated carbocycles. The van der Waals surface area contributed by atoms with Crippen LogP contribution >= 0.6 is 0 Å². The van der Waals surface area contributed by atoms with E-state index in [0.717, 1.165) is 4.68 Å². The Morgan fingerprint density at radius 1 is 1.10 bits per heavy atom. The number of phenols is 1. The first-order chi connectivity index (χ1) is 13.8. The summed E-state index contributed by atoms with van der Waals surface area (Å²) in [6, 6.07) is 15.5. The molecule has 1 aromatic heterocycles. The van der Waals surface area contributed by atoms with Gasteiger partial charge in [-0.05, 0) is 29.8 Å². The van der Waals surface area contributed by atoms with Crippen LogP contribution in [0.3, 0.4) is 0 Å². The van der Waals surface area contributed by atoms with Crippen molar-refractivity contribution in [1.29, 1.82) is 5.26 Å². The van der Waals surface area contributed by atoms with Crippen LogP contribution in [0.2, 0.25) is 0 Å². The van der Waals surface area contributed by atoms with E-state index in [1.54, 1.807) is 30.3 Å². The maximum atomic E-state index is 13.9. The van der Waals surface area contributed by atoms with Crippen LogP contribution < -0.4 is 10.5 Å². The molecule has 0 radical (unpaired) electrons. The van der Waals surface area contributed by atoms with Gasteiger partial charge in [0.2, 0.25) is 11.8 Å². The Morgan fingerprint density at radius 3 is 2.34 bits per heavy atom.